The fourth-order valence-electron chi connectivity index (χ4n) is 3.79. The van der Waals surface area contributed by atoms with Crippen molar-refractivity contribution in [3.63, 3.8) is 0 Å². The van der Waals surface area contributed by atoms with Gasteiger partial charge in [-0.25, -0.2) is 18.4 Å². The highest BCUT2D eigenvalue weighted by Gasteiger charge is 2.28. The minimum Gasteiger partial charge on any atom is -0.444 e. The van der Waals surface area contributed by atoms with Crippen LogP contribution in [0.4, 0.5) is 29.7 Å². The molecule has 1 heterocycles. The minimum atomic E-state index is -0.617. The van der Waals surface area contributed by atoms with Gasteiger partial charge in [-0.3, -0.25) is 4.90 Å². The normalized spacial score (nSPS) is 15.0. The Morgan fingerprint density at radius 2 is 1.71 bits per heavy atom. The van der Waals surface area contributed by atoms with Gasteiger partial charge in [-0.2, -0.15) is 0 Å². The van der Waals surface area contributed by atoms with Gasteiger partial charge in [0.15, 0.2) is 0 Å². The smallest absolute Gasteiger partial charge is 0.410 e. The maximum Gasteiger partial charge on any atom is 0.410 e. The summed E-state index contributed by atoms with van der Waals surface area (Å²) in [5.74, 6) is -0.957. The number of nitrogens with zero attached hydrogens (tertiary/aromatic N) is 2. The molecule has 2 aromatic rings. The van der Waals surface area contributed by atoms with Crippen molar-refractivity contribution in [2.75, 3.05) is 30.8 Å². The molecule has 0 aromatic heterocycles. The third-order valence-corrected chi connectivity index (χ3v) is 5.57. The second-order valence-corrected chi connectivity index (χ2v) is 9.50. The van der Waals surface area contributed by atoms with Crippen LogP contribution in [0, 0.1) is 11.6 Å². The van der Waals surface area contributed by atoms with E-state index in [4.69, 9.17) is 4.74 Å². The Hall–Kier alpha value is -3.20. The van der Waals surface area contributed by atoms with Gasteiger partial charge in [0.05, 0.1) is 5.69 Å². The van der Waals surface area contributed by atoms with Crippen molar-refractivity contribution in [3.8, 4) is 0 Å². The van der Waals surface area contributed by atoms with Crippen molar-refractivity contribution in [3.05, 3.63) is 59.7 Å². The first-order valence-corrected chi connectivity index (χ1v) is 11.3. The molecule has 2 N–H and O–H groups in total. The number of likely N-dealkylation sites (tertiary alicyclic amines) is 1. The molecule has 0 spiro atoms. The van der Waals surface area contributed by atoms with Crippen LogP contribution in [-0.4, -0.2) is 53.7 Å². The molecular formula is C25H32F2N4O3. The van der Waals surface area contributed by atoms with Crippen LogP contribution in [0.15, 0.2) is 42.5 Å². The third kappa shape index (κ3) is 7.41. The molecule has 0 saturated carbocycles. The second-order valence-electron chi connectivity index (χ2n) is 9.50. The lowest BCUT2D eigenvalue weighted by Gasteiger charge is -2.37. The van der Waals surface area contributed by atoms with Crippen LogP contribution in [0.2, 0.25) is 0 Å². The molecule has 0 radical (unpaired) electrons. The molecule has 0 bridgehead atoms. The molecule has 0 aliphatic carbocycles. The molecule has 3 rings (SSSR count). The Kier molecular flexibility index (Phi) is 8.09. The number of carbonyl (C=O) groups is 2. The van der Waals surface area contributed by atoms with Gasteiger partial charge in [-0.15, -0.1) is 0 Å². The summed E-state index contributed by atoms with van der Waals surface area (Å²) in [4.78, 5) is 28.4. The van der Waals surface area contributed by atoms with Crippen LogP contribution >= 0.6 is 0 Å². The lowest BCUT2D eigenvalue weighted by atomic mass is 10.0. The largest absolute Gasteiger partial charge is 0.444 e. The fourth-order valence-corrected chi connectivity index (χ4v) is 3.79. The molecule has 184 valence electrons. The van der Waals surface area contributed by atoms with Crippen molar-refractivity contribution >= 4 is 23.5 Å². The Labute approximate surface area is 199 Å². The lowest BCUT2D eigenvalue weighted by Crippen LogP contribution is -2.46. The zero-order chi connectivity index (χ0) is 24.9. The quantitative estimate of drug-likeness (QED) is 0.605. The summed E-state index contributed by atoms with van der Waals surface area (Å²) in [6, 6.07) is 9.41. The summed E-state index contributed by atoms with van der Waals surface area (Å²) in [6.45, 7) is 7.70. The number of carbonyl (C=O) groups excluding carboxylic acids is 2. The van der Waals surface area contributed by atoms with Gasteiger partial charge in [0.2, 0.25) is 0 Å². The zero-order valence-corrected chi connectivity index (χ0v) is 20.0. The lowest BCUT2D eigenvalue weighted by molar-refractivity contribution is 0.0149. The van der Waals surface area contributed by atoms with Gasteiger partial charge >= 0.3 is 12.1 Å². The molecule has 1 saturated heterocycles. The predicted molar refractivity (Wildman–Crippen MR) is 128 cm³/mol. The summed E-state index contributed by atoms with van der Waals surface area (Å²) in [5, 5.41) is 5.06. The average molecular weight is 475 g/mol. The minimum absolute atomic E-state index is 0.0663. The van der Waals surface area contributed by atoms with Crippen molar-refractivity contribution in [1.29, 1.82) is 0 Å². The van der Waals surface area contributed by atoms with Crippen molar-refractivity contribution < 1.29 is 23.1 Å². The first-order valence-electron chi connectivity index (χ1n) is 11.3. The molecular weight excluding hydrogens is 442 g/mol. The van der Waals surface area contributed by atoms with E-state index in [0.717, 1.165) is 31.5 Å². The number of amides is 3. The molecule has 3 amide bonds. The van der Waals surface area contributed by atoms with E-state index in [9.17, 15) is 18.4 Å². The first-order chi connectivity index (χ1) is 16.0. The van der Waals surface area contributed by atoms with E-state index >= 15 is 0 Å². The first kappa shape index (κ1) is 25.4. The molecule has 1 aliphatic heterocycles. The highest BCUT2D eigenvalue weighted by atomic mass is 19.1. The Bertz CT molecular complexity index is 1000. The number of nitrogens with one attached hydrogen (secondary N) is 2. The number of hydrogen-bond acceptors (Lipinski definition) is 4. The third-order valence-electron chi connectivity index (χ3n) is 5.57. The van der Waals surface area contributed by atoms with E-state index < -0.39 is 23.3 Å². The van der Waals surface area contributed by atoms with Crippen molar-refractivity contribution in [2.45, 2.75) is 51.8 Å². The molecule has 9 heteroatoms. The van der Waals surface area contributed by atoms with Gasteiger partial charge in [0, 0.05) is 38.4 Å². The van der Waals surface area contributed by atoms with Crippen LogP contribution in [0.3, 0.4) is 0 Å². The van der Waals surface area contributed by atoms with E-state index in [1.165, 1.54) is 30.3 Å². The monoisotopic (exact) mass is 474 g/mol. The Balaban J connectivity index is 1.53. The summed E-state index contributed by atoms with van der Waals surface area (Å²) in [7, 11) is 1.77. The van der Waals surface area contributed by atoms with E-state index in [0.29, 0.717) is 12.2 Å². The van der Waals surface area contributed by atoms with Gasteiger partial charge in [0.25, 0.3) is 0 Å². The van der Waals surface area contributed by atoms with Gasteiger partial charge in [-0.1, -0.05) is 6.07 Å². The molecule has 34 heavy (non-hydrogen) atoms. The SMILES string of the molecule is CN(C(=O)OC(C)(C)C)C1CCN(Cc2ccc(F)c(NC(=O)Nc3ccc(F)cc3)c2)CC1. The van der Waals surface area contributed by atoms with Crippen molar-refractivity contribution in [1.82, 2.24) is 9.80 Å². The van der Waals surface area contributed by atoms with Crippen LogP contribution in [0.25, 0.3) is 0 Å². The number of piperidine rings is 1. The van der Waals surface area contributed by atoms with E-state index in [2.05, 4.69) is 15.5 Å². The van der Waals surface area contributed by atoms with Crippen LogP contribution in [0.1, 0.15) is 39.2 Å². The van der Waals surface area contributed by atoms with E-state index in [1.54, 1.807) is 24.1 Å². The van der Waals surface area contributed by atoms with Gasteiger partial charge in [0.1, 0.15) is 17.2 Å². The maximum absolute atomic E-state index is 14.3. The van der Waals surface area contributed by atoms with Crippen molar-refractivity contribution in [2.24, 2.45) is 0 Å². The highest BCUT2D eigenvalue weighted by Crippen LogP contribution is 2.22. The maximum atomic E-state index is 14.3. The number of anilines is 2. The number of hydrogen-bond donors (Lipinski definition) is 2. The summed E-state index contributed by atoms with van der Waals surface area (Å²) >= 11 is 0. The number of ether oxygens (including phenoxy) is 1. The molecule has 0 unspecified atom stereocenters. The van der Waals surface area contributed by atoms with Crippen LogP contribution < -0.4 is 10.6 Å². The van der Waals surface area contributed by atoms with E-state index in [1.807, 2.05) is 20.8 Å². The molecule has 1 fully saturated rings. The zero-order valence-electron chi connectivity index (χ0n) is 20.0. The molecule has 2 aromatic carbocycles. The second kappa shape index (κ2) is 10.8. The molecule has 7 nitrogen and oxygen atoms in total. The van der Waals surface area contributed by atoms with Crippen LogP contribution in [-0.2, 0) is 11.3 Å². The number of urea groups is 1. The van der Waals surface area contributed by atoms with Crippen LogP contribution in [0.5, 0.6) is 0 Å². The number of halogens is 2. The highest BCUT2D eigenvalue weighted by molar-refractivity contribution is 5.99. The fraction of sp³-hybridized carbons (Fsp3) is 0.440. The van der Waals surface area contributed by atoms with E-state index in [-0.39, 0.29) is 17.8 Å². The summed E-state index contributed by atoms with van der Waals surface area (Å²) in [5.41, 5.74) is 0.791. The van der Waals surface area contributed by atoms with Gasteiger partial charge < -0.3 is 20.3 Å². The number of benzene rings is 2. The molecule has 0 atom stereocenters. The number of rotatable bonds is 5. The van der Waals surface area contributed by atoms with Gasteiger partial charge in [-0.05, 0) is 75.6 Å². The Morgan fingerprint density at radius 3 is 2.32 bits per heavy atom. The predicted octanol–water partition coefficient (Wildman–Crippen LogP) is 5.44. The standard InChI is InChI=1S/C25H32F2N4O3/c1-25(2,3)34-24(33)30(4)20-11-13-31(14-12-20)16-17-5-10-21(27)22(15-17)29-23(32)28-19-8-6-18(26)7-9-19/h5-10,15,20H,11-14,16H2,1-4H3,(H2,28,29,32). The summed E-state index contributed by atoms with van der Waals surface area (Å²) < 4.78 is 32.7. The summed E-state index contributed by atoms with van der Waals surface area (Å²) in [6.07, 6.45) is 1.30. The average Bonchev–Trinajstić information content (AvgIpc) is 2.76. The topological polar surface area (TPSA) is 73.9 Å². The Morgan fingerprint density at radius 1 is 1.06 bits per heavy atom. The molecule has 1 aliphatic rings.